The summed E-state index contributed by atoms with van der Waals surface area (Å²) in [5, 5.41) is 11.9. The van der Waals surface area contributed by atoms with Crippen molar-refractivity contribution in [2.45, 2.75) is 50.5 Å². The van der Waals surface area contributed by atoms with Crippen LogP contribution >= 0.6 is 0 Å². The summed E-state index contributed by atoms with van der Waals surface area (Å²) >= 11 is 0. The minimum atomic E-state index is -0.0618. The van der Waals surface area contributed by atoms with Crippen LogP contribution in [0.25, 0.3) is 5.57 Å². The molecule has 2 aliphatic rings. The van der Waals surface area contributed by atoms with Gasteiger partial charge in [0.25, 0.3) is 5.56 Å². The van der Waals surface area contributed by atoms with Gasteiger partial charge in [-0.05, 0) is 61.8 Å². The van der Waals surface area contributed by atoms with Crippen LogP contribution < -0.4 is 15.6 Å². The summed E-state index contributed by atoms with van der Waals surface area (Å²) in [6, 6.07) is 11.6. The fourth-order valence-corrected chi connectivity index (χ4v) is 3.82. The average molecular weight is 408 g/mol. The van der Waals surface area contributed by atoms with Crippen molar-refractivity contribution in [2.24, 2.45) is 0 Å². The first-order chi connectivity index (χ1) is 14.6. The number of aromatic amines is 1. The van der Waals surface area contributed by atoms with Gasteiger partial charge >= 0.3 is 0 Å². The van der Waals surface area contributed by atoms with Crippen LogP contribution in [0.2, 0.25) is 0 Å². The van der Waals surface area contributed by atoms with Crippen molar-refractivity contribution in [1.82, 2.24) is 10.3 Å². The molecular weight excluding hydrogens is 380 g/mol. The molecule has 1 atom stereocenters. The predicted molar refractivity (Wildman–Crippen MR) is 116 cm³/mol. The van der Waals surface area contributed by atoms with E-state index < -0.39 is 0 Å². The van der Waals surface area contributed by atoms with Crippen molar-refractivity contribution in [3.05, 3.63) is 69.6 Å². The first kappa shape index (κ1) is 20.4. The van der Waals surface area contributed by atoms with Crippen LogP contribution in [0.5, 0.6) is 5.75 Å². The number of hydrogen-bond acceptors (Lipinski definition) is 4. The van der Waals surface area contributed by atoms with Gasteiger partial charge in [0.1, 0.15) is 5.75 Å². The zero-order valence-electron chi connectivity index (χ0n) is 17.0. The second-order valence-electron chi connectivity index (χ2n) is 8.03. The maximum absolute atomic E-state index is 12.6. The van der Waals surface area contributed by atoms with Crippen LogP contribution in [-0.2, 0) is 4.79 Å². The third-order valence-electron chi connectivity index (χ3n) is 5.61. The quantitative estimate of drug-likeness (QED) is 0.556. The molecule has 4 rings (SSSR count). The van der Waals surface area contributed by atoms with Crippen LogP contribution in [0, 0.1) is 0 Å². The molecule has 6 nitrogen and oxygen atoms in total. The van der Waals surface area contributed by atoms with Gasteiger partial charge in [-0.15, -0.1) is 0 Å². The first-order valence-electron chi connectivity index (χ1n) is 10.7. The summed E-state index contributed by atoms with van der Waals surface area (Å²) in [7, 11) is 0. The normalized spacial score (nSPS) is 19.0. The Balaban J connectivity index is 1.64. The number of nitrogens with one attached hydrogen (secondary N) is 2. The molecule has 1 aliphatic heterocycles. The number of aliphatic hydroxyl groups is 1. The summed E-state index contributed by atoms with van der Waals surface area (Å²) in [5.74, 6) is 1.18. The number of aliphatic hydroxyl groups excluding tert-OH is 1. The van der Waals surface area contributed by atoms with Gasteiger partial charge in [0.15, 0.2) is 0 Å². The maximum atomic E-state index is 12.6. The van der Waals surface area contributed by atoms with Gasteiger partial charge in [0.05, 0.1) is 6.61 Å². The van der Waals surface area contributed by atoms with Crippen LogP contribution in [0.1, 0.15) is 61.3 Å². The van der Waals surface area contributed by atoms with Crippen LogP contribution in [0.4, 0.5) is 0 Å². The number of H-pyrrole nitrogens is 1. The Morgan fingerprint density at radius 2 is 2.00 bits per heavy atom. The molecule has 1 amide bonds. The van der Waals surface area contributed by atoms with Gasteiger partial charge in [-0.2, -0.15) is 0 Å². The van der Waals surface area contributed by atoms with Gasteiger partial charge in [-0.25, -0.2) is 0 Å². The smallest absolute Gasteiger partial charge is 0.251 e. The topological polar surface area (TPSA) is 91.4 Å². The zero-order valence-corrected chi connectivity index (χ0v) is 17.0. The number of ether oxygens (including phenoxy) is 1. The van der Waals surface area contributed by atoms with E-state index in [4.69, 9.17) is 9.84 Å². The lowest BCUT2D eigenvalue weighted by Gasteiger charge is -2.14. The first-order valence-corrected chi connectivity index (χ1v) is 10.7. The fourth-order valence-electron chi connectivity index (χ4n) is 3.82. The lowest BCUT2D eigenvalue weighted by Crippen LogP contribution is -2.23. The largest absolute Gasteiger partial charge is 0.494 e. The van der Waals surface area contributed by atoms with Gasteiger partial charge in [0, 0.05) is 35.9 Å². The van der Waals surface area contributed by atoms with Crippen LogP contribution in [0.15, 0.2) is 47.3 Å². The zero-order chi connectivity index (χ0) is 20.9. The van der Waals surface area contributed by atoms with Crippen LogP contribution in [0.3, 0.4) is 0 Å². The van der Waals surface area contributed by atoms with Crippen LogP contribution in [-0.4, -0.2) is 35.3 Å². The molecule has 1 saturated carbocycles. The highest BCUT2D eigenvalue weighted by Crippen LogP contribution is 2.38. The summed E-state index contributed by atoms with van der Waals surface area (Å²) in [5.41, 5.74) is 3.36. The summed E-state index contributed by atoms with van der Waals surface area (Å²) < 4.78 is 5.82. The van der Waals surface area contributed by atoms with E-state index in [1.54, 1.807) is 0 Å². The molecule has 6 heteroatoms. The molecule has 3 N–H and O–H groups in total. The maximum Gasteiger partial charge on any atom is 0.251 e. The number of carbonyl (C=O) groups is 1. The van der Waals surface area contributed by atoms with Crippen molar-refractivity contribution in [2.75, 3.05) is 13.2 Å². The van der Waals surface area contributed by atoms with E-state index in [1.807, 2.05) is 42.5 Å². The Morgan fingerprint density at radius 1 is 1.13 bits per heavy atom. The van der Waals surface area contributed by atoms with E-state index in [0.717, 1.165) is 53.8 Å². The van der Waals surface area contributed by atoms with Crippen molar-refractivity contribution in [3.8, 4) is 5.75 Å². The van der Waals surface area contributed by atoms with E-state index in [9.17, 15) is 9.59 Å². The summed E-state index contributed by atoms with van der Waals surface area (Å²) in [6.07, 6.45) is 6.93. The molecule has 2 aromatic rings. The molecule has 0 unspecified atom stereocenters. The van der Waals surface area contributed by atoms with Gasteiger partial charge in [0.2, 0.25) is 5.91 Å². The molecule has 2 fully saturated rings. The second-order valence-corrected chi connectivity index (χ2v) is 8.03. The molecule has 0 bridgehead atoms. The highest BCUT2D eigenvalue weighted by molar-refractivity contribution is 5.82. The number of pyridine rings is 1. The number of unbranched alkanes of at least 4 members (excludes halogenated alkanes) is 1. The molecule has 0 spiro atoms. The summed E-state index contributed by atoms with van der Waals surface area (Å²) in [6.45, 7) is 0.697. The second kappa shape index (κ2) is 9.30. The third-order valence-corrected chi connectivity index (χ3v) is 5.61. The Labute approximate surface area is 176 Å². The third kappa shape index (κ3) is 5.00. The van der Waals surface area contributed by atoms with E-state index in [0.29, 0.717) is 25.4 Å². The Morgan fingerprint density at radius 3 is 2.70 bits per heavy atom. The van der Waals surface area contributed by atoms with Crippen molar-refractivity contribution < 1.29 is 14.6 Å². The number of aromatic nitrogens is 1. The minimum absolute atomic E-state index is 0.0345. The van der Waals surface area contributed by atoms with Crippen molar-refractivity contribution in [1.29, 1.82) is 0 Å². The summed E-state index contributed by atoms with van der Waals surface area (Å²) in [4.78, 5) is 27.4. The highest BCUT2D eigenvalue weighted by atomic mass is 16.5. The predicted octanol–water partition coefficient (Wildman–Crippen LogP) is 3.11. The van der Waals surface area contributed by atoms with E-state index in [1.165, 1.54) is 0 Å². The Bertz CT molecular complexity index is 991. The minimum Gasteiger partial charge on any atom is -0.494 e. The Hall–Kier alpha value is -2.86. The van der Waals surface area contributed by atoms with Gasteiger partial charge in [-0.3, -0.25) is 9.59 Å². The highest BCUT2D eigenvalue weighted by Gasteiger charge is 2.26. The van der Waals surface area contributed by atoms with Gasteiger partial charge in [-0.1, -0.05) is 24.3 Å². The number of rotatable bonds is 9. The number of hydrogen-bond donors (Lipinski definition) is 3. The average Bonchev–Trinajstić information content (AvgIpc) is 3.50. The lowest BCUT2D eigenvalue weighted by atomic mass is 9.98. The monoisotopic (exact) mass is 408 g/mol. The van der Waals surface area contributed by atoms with Gasteiger partial charge < -0.3 is 20.1 Å². The fraction of sp³-hybridized carbons (Fsp3) is 0.417. The van der Waals surface area contributed by atoms with Crippen molar-refractivity contribution in [3.63, 3.8) is 0 Å². The van der Waals surface area contributed by atoms with E-state index in [-0.39, 0.29) is 24.1 Å². The number of carbonyl (C=O) groups excluding carboxylic acids is 1. The van der Waals surface area contributed by atoms with Crippen molar-refractivity contribution >= 4 is 11.5 Å². The molecule has 1 aromatic carbocycles. The van der Waals surface area contributed by atoms with E-state index >= 15 is 0 Å². The number of amides is 1. The molecule has 0 radical (unpaired) electrons. The van der Waals surface area contributed by atoms with E-state index in [2.05, 4.69) is 10.3 Å². The lowest BCUT2D eigenvalue weighted by molar-refractivity contribution is -0.119. The Kier molecular flexibility index (Phi) is 6.33. The standard InChI is InChI=1S/C24H28N2O4/c27-12-1-2-13-30-19-5-3-4-17(14-19)21(15-18-8-11-23(28)25-18)22-10-9-20(16-6-7-16)24(29)26-22/h3-5,9-10,14-16,18,27H,1-2,6-8,11-13H2,(H,25,28)(H,26,29)/b21-15+/t18-/m1/s1. The number of benzene rings is 1. The molecule has 1 aromatic heterocycles. The molecule has 2 heterocycles. The molecule has 1 saturated heterocycles. The SMILES string of the molecule is O=C1CC[C@H](/C=C(\c2cccc(OCCCCO)c2)c2ccc(C3CC3)c(=O)[nH]2)N1. The molecule has 158 valence electrons. The molecule has 1 aliphatic carbocycles. The molecule has 30 heavy (non-hydrogen) atoms. The molecular formula is C24H28N2O4.